The van der Waals surface area contributed by atoms with Gasteiger partial charge in [0.15, 0.2) is 5.96 Å². The fourth-order valence-corrected chi connectivity index (χ4v) is 2.91. The largest absolute Gasteiger partial charge is 0.354 e. The lowest BCUT2D eigenvalue weighted by Crippen LogP contribution is -2.42. The summed E-state index contributed by atoms with van der Waals surface area (Å²) in [4.78, 5) is 6.68. The van der Waals surface area contributed by atoms with Gasteiger partial charge in [-0.3, -0.25) is 4.99 Å². The third kappa shape index (κ3) is 7.62. The van der Waals surface area contributed by atoms with Crippen LogP contribution in [0.3, 0.4) is 0 Å². The van der Waals surface area contributed by atoms with Crippen LogP contribution in [0.25, 0.3) is 0 Å². The summed E-state index contributed by atoms with van der Waals surface area (Å²) in [6, 6.07) is 5.03. The Hall–Kier alpha value is -1.14. The fraction of sp³-hybridized carbons (Fsp3) is 0.611. The molecule has 0 heterocycles. The number of hydrogen-bond acceptors (Lipinski definition) is 2. The van der Waals surface area contributed by atoms with Gasteiger partial charge in [0, 0.05) is 24.1 Å². The number of nitrogens with zero attached hydrogens (tertiary/aromatic N) is 2. The second-order valence-corrected chi connectivity index (χ2v) is 6.73. The predicted octanol–water partition coefficient (Wildman–Crippen LogP) is 3.76. The van der Waals surface area contributed by atoms with E-state index < -0.39 is 0 Å². The number of guanidine groups is 1. The fourth-order valence-electron chi connectivity index (χ4n) is 2.52. The Labute approximate surface area is 154 Å². The van der Waals surface area contributed by atoms with Crippen LogP contribution in [-0.2, 0) is 6.54 Å². The lowest BCUT2D eigenvalue weighted by molar-refractivity contribution is 0.292. The topological polar surface area (TPSA) is 39.7 Å². The van der Waals surface area contributed by atoms with Gasteiger partial charge in [-0.1, -0.05) is 29.8 Å². The molecular formula is C18H30BrFN4. The third-order valence-corrected chi connectivity index (χ3v) is 4.84. The maximum absolute atomic E-state index is 13.3. The van der Waals surface area contributed by atoms with Crippen molar-refractivity contribution in [2.45, 2.75) is 46.2 Å². The summed E-state index contributed by atoms with van der Waals surface area (Å²) in [5.74, 6) is 0.504. The van der Waals surface area contributed by atoms with E-state index in [1.807, 2.05) is 0 Å². The molecule has 1 unspecified atom stereocenters. The highest BCUT2D eigenvalue weighted by Gasteiger charge is 2.08. The molecule has 0 saturated heterocycles. The average molecular weight is 401 g/mol. The molecule has 0 bridgehead atoms. The van der Waals surface area contributed by atoms with Crippen LogP contribution in [0.5, 0.6) is 0 Å². The number of hydrogen-bond donors (Lipinski definition) is 2. The van der Waals surface area contributed by atoms with Crippen molar-refractivity contribution in [1.82, 2.24) is 15.5 Å². The number of aliphatic imine (C=N–C) groups is 1. The van der Waals surface area contributed by atoms with Gasteiger partial charge in [-0.25, -0.2) is 4.39 Å². The summed E-state index contributed by atoms with van der Waals surface area (Å²) in [6.45, 7) is 10.4. The van der Waals surface area contributed by atoms with Crippen molar-refractivity contribution in [3.05, 3.63) is 34.1 Å². The van der Waals surface area contributed by atoms with Crippen LogP contribution in [0.2, 0.25) is 0 Å². The zero-order chi connectivity index (χ0) is 17.9. The standard InChI is InChI=1S/C18H30BrFN4/c1-5-24(6-2)11-7-8-14(3)23-18(21-4)22-13-15-12-16(20)9-10-17(15)19/h9-10,12,14H,5-8,11,13H2,1-4H3,(H2,21,22,23). The molecule has 2 N–H and O–H groups in total. The van der Waals surface area contributed by atoms with Gasteiger partial charge >= 0.3 is 0 Å². The minimum Gasteiger partial charge on any atom is -0.354 e. The Kier molecular flexibility index (Phi) is 9.95. The lowest BCUT2D eigenvalue weighted by atomic mass is 10.2. The normalized spacial score (nSPS) is 13.2. The van der Waals surface area contributed by atoms with Crippen LogP contribution in [0.4, 0.5) is 4.39 Å². The summed E-state index contributed by atoms with van der Waals surface area (Å²) >= 11 is 3.44. The van der Waals surface area contributed by atoms with Crippen molar-refractivity contribution in [1.29, 1.82) is 0 Å². The first-order chi connectivity index (χ1) is 11.5. The highest BCUT2D eigenvalue weighted by molar-refractivity contribution is 9.10. The molecule has 0 saturated carbocycles. The van der Waals surface area contributed by atoms with Crippen LogP contribution >= 0.6 is 15.9 Å². The molecule has 0 aromatic heterocycles. The van der Waals surface area contributed by atoms with Crippen LogP contribution in [-0.4, -0.2) is 43.6 Å². The van der Waals surface area contributed by atoms with Crippen LogP contribution in [0.1, 0.15) is 39.2 Å². The van der Waals surface area contributed by atoms with Crippen molar-refractivity contribution < 1.29 is 4.39 Å². The highest BCUT2D eigenvalue weighted by Crippen LogP contribution is 2.17. The van der Waals surface area contributed by atoms with Crippen LogP contribution < -0.4 is 10.6 Å². The summed E-state index contributed by atoms with van der Waals surface area (Å²) in [7, 11) is 1.75. The zero-order valence-electron chi connectivity index (χ0n) is 15.2. The Morgan fingerprint density at radius 2 is 2.04 bits per heavy atom. The molecule has 0 radical (unpaired) electrons. The number of rotatable bonds is 9. The second-order valence-electron chi connectivity index (χ2n) is 5.88. The minimum atomic E-state index is -0.234. The zero-order valence-corrected chi connectivity index (χ0v) is 16.8. The molecule has 0 aliphatic heterocycles. The van der Waals surface area contributed by atoms with Gasteiger partial charge in [-0.2, -0.15) is 0 Å². The molecule has 24 heavy (non-hydrogen) atoms. The number of nitrogens with one attached hydrogen (secondary N) is 2. The Bertz CT molecular complexity index is 518. The Morgan fingerprint density at radius 3 is 2.67 bits per heavy atom. The molecular weight excluding hydrogens is 371 g/mol. The van der Waals surface area contributed by atoms with E-state index in [-0.39, 0.29) is 5.82 Å². The van der Waals surface area contributed by atoms with Crippen molar-refractivity contribution >= 4 is 21.9 Å². The maximum atomic E-state index is 13.3. The van der Waals surface area contributed by atoms with Gasteiger partial charge in [0.1, 0.15) is 5.82 Å². The van der Waals surface area contributed by atoms with E-state index in [9.17, 15) is 4.39 Å². The van der Waals surface area contributed by atoms with E-state index >= 15 is 0 Å². The van der Waals surface area contributed by atoms with Crippen molar-refractivity contribution in [3.8, 4) is 0 Å². The molecule has 0 fully saturated rings. The van der Waals surface area contributed by atoms with Gasteiger partial charge in [0.2, 0.25) is 0 Å². The number of halogens is 2. The van der Waals surface area contributed by atoms with E-state index in [2.05, 4.69) is 57.2 Å². The Morgan fingerprint density at radius 1 is 1.33 bits per heavy atom. The molecule has 1 atom stereocenters. The van der Waals surface area contributed by atoms with Gasteiger partial charge in [-0.05, 0) is 63.2 Å². The number of benzene rings is 1. The molecule has 136 valence electrons. The lowest BCUT2D eigenvalue weighted by Gasteiger charge is -2.21. The van der Waals surface area contributed by atoms with Crippen LogP contribution in [0.15, 0.2) is 27.7 Å². The van der Waals surface area contributed by atoms with Crippen molar-refractivity contribution in [2.24, 2.45) is 4.99 Å². The maximum Gasteiger partial charge on any atom is 0.191 e. The third-order valence-electron chi connectivity index (χ3n) is 4.07. The van der Waals surface area contributed by atoms with E-state index in [0.29, 0.717) is 12.6 Å². The first kappa shape index (κ1) is 20.9. The summed E-state index contributed by atoms with van der Waals surface area (Å²) < 4.78 is 14.2. The van der Waals surface area contributed by atoms with E-state index in [1.165, 1.54) is 12.1 Å². The van der Waals surface area contributed by atoms with Crippen molar-refractivity contribution in [2.75, 3.05) is 26.7 Å². The molecule has 0 aliphatic carbocycles. The van der Waals surface area contributed by atoms with Crippen molar-refractivity contribution in [3.63, 3.8) is 0 Å². The Balaban J connectivity index is 2.40. The van der Waals surface area contributed by atoms with Gasteiger partial charge in [-0.15, -0.1) is 0 Å². The highest BCUT2D eigenvalue weighted by atomic mass is 79.9. The first-order valence-corrected chi connectivity index (χ1v) is 9.42. The van der Waals surface area contributed by atoms with Crippen LogP contribution in [0, 0.1) is 5.82 Å². The van der Waals surface area contributed by atoms with E-state index in [4.69, 9.17) is 0 Å². The summed E-state index contributed by atoms with van der Waals surface area (Å²) in [5.41, 5.74) is 0.868. The molecule has 0 amide bonds. The van der Waals surface area contributed by atoms with E-state index in [1.54, 1.807) is 13.1 Å². The predicted molar refractivity (Wildman–Crippen MR) is 104 cm³/mol. The molecule has 0 aliphatic rings. The smallest absolute Gasteiger partial charge is 0.191 e. The monoisotopic (exact) mass is 400 g/mol. The van der Waals surface area contributed by atoms with Gasteiger partial charge < -0.3 is 15.5 Å². The minimum absolute atomic E-state index is 0.234. The first-order valence-electron chi connectivity index (χ1n) is 8.63. The molecule has 1 aromatic rings. The summed E-state index contributed by atoms with van der Waals surface area (Å²) in [5, 5.41) is 6.63. The summed E-state index contributed by atoms with van der Waals surface area (Å²) in [6.07, 6.45) is 2.24. The molecule has 4 nitrogen and oxygen atoms in total. The quantitative estimate of drug-likeness (QED) is 0.489. The van der Waals surface area contributed by atoms with E-state index in [0.717, 1.165) is 48.5 Å². The molecule has 0 spiro atoms. The van der Waals surface area contributed by atoms with Gasteiger partial charge in [0.05, 0.1) is 0 Å². The average Bonchev–Trinajstić information content (AvgIpc) is 2.58. The van der Waals surface area contributed by atoms with Gasteiger partial charge in [0.25, 0.3) is 0 Å². The molecule has 6 heteroatoms. The second kappa shape index (κ2) is 11.4. The molecule has 1 aromatic carbocycles. The SMILES string of the molecule is CCN(CC)CCCC(C)NC(=NC)NCc1cc(F)ccc1Br. The molecule has 1 rings (SSSR count).